The number of nitrogens with one attached hydrogen (secondary N) is 1. The zero-order valence-electron chi connectivity index (χ0n) is 16.2. The summed E-state index contributed by atoms with van der Waals surface area (Å²) in [6.45, 7) is 0.752. The predicted molar refractivity (Wildman–Crippen MR) is 96.5 cm³/mol. The van der Waals surface area contributed by atoms with Gasteiger partial charge in [-0.3, -0.25) is 0 Å². The number of alkyl halides is 9. The monoisotopic (exact) mass is 508 g/mol. The standard InChI is InChI=1S/C18H12F9NO.HNO2S/c1-10(28-29-9-11-2-4-12(5-3-11)16(19,20)21)14-7-6-13(17(22,23)24)8-15(14)18(25,26)27;1-4(2)3/h2-8H,9H2,1H3;1H/b28-10+;. The maximum Gasteiger partial charge on any atom is 0.417 e. The second-order valence-electron chi connectivity index (χ2n) is 6.14. The first-order chi connectivity index (χ1) is 14.9. The minimum absolute atomic E-state index is 0.0236. The molecule has 0 amide bonds. The van der Waals surface area contributed by atoms with Gasteiger partial charge in [0.25, 0.3) is 0 Å². The Hall–Kier alpha value is -3.10. The van der Waals surface area contributed by atoms with Crippen molar-refractivity contribution in [1.82, 2.24) is 0 Å². The summed E-state index contributed by atoms with van der Waals surface area (Å²) in [7, 11) is -2.61. The van der Waals surface area contributed by atoms with Crippen LogP contribution in [0, 0.1) is 4.78 Å². The van der Waals surface area contributed by atoms with Crippen LogP contribution in [0.4, 0.5) is 39.5 Å². The molecule has 5 nitrogen and oxygen atoms in total. The molecule has 15 heteroatoms. The number of hydrogen-bond acceptors (Lipinski definition) is 5. The molecule has 0 saturated carbocycles. The number of rotatable bonds is 4. The Balaban J connectivity index is 0.00000125. The summed E-state index contributed by atoms with van der Waals surface area (Å²) < 4.78 is 138. The van der Waals surface area contributed by atoms with Gasteiger partial charge in [0.1, 0.15) is 6.61 Å². The quantitative estimate of drug-likeness (QED) is 0.299. The molecule has 182 valence electrons. The minimum atomic E-state index is -5.07. The van der Waals surface area contributed by atoms with Crippen LogP contribution in [0.1, 0.15) is 34.7 Å². The molecule has 0 aliphatic heterocycles. The summed E-state index contributed by atoms with van der Waals surface area (Å²) in [6, 6.07) is 4.90. The average molecular weight is 508 g/mol. The summed E-state index contributed by atoms with van der Waals surface area (Å²) >= 11 is 0. The lowest BCUT2D eigenvalue weighted by atomic mass is 10.00. The summed E-state index contributed by atoms with van der Waals surface area (Å²) in [5.41, 5.74) is -4.59. The molecule has 0 radical (unpaired) electrons. The second-order valence-corrected chi connectivity index (χ2v) is 6.60. The van der Waals surface area contributed by atoms with Crippen molar-refractivity contribution in [3.63, 3.8) is 0 Å². The van der Waals surface area contributed by atoms with E-state index in [1.807, 2.05) is 0 Å². The Bertz CT molecular complexity index is 1080. The number of hydrogen-bond donors (Lipinski definition) is 1. The van der Waals surface area contributed by atoms with E-state index < -0.39 is 51.3 Å². The third-order valence-corrected chi connectivity index (χ3v) is 3.76. The number of benzene rings is 2. The van der Waals surface area contributed by atoms with Crippen LogP contribution in [-0.4, -0.2) is 14.1 Å². The Morgan fingerprint density at radius 3 is 1.73 bits per heavy atom. The van der Waals surface area contributed by atoms with Crippen LogP contribution in [0.15, 0.2) is 47.6 Å². The topological polar surface area (TPSA) is 79.6 Å². The van der Waals surface area contributed by atoms with Crippen LogP contribution < -0.4 is 0 Å². The summed E-state index contributed by atoms with van der Waals surface area (Å²) in [5, 5.41) is 3.44. The summed E-state index contributed by atoms with van der Waals surface area (Å²) in [5.74, 6) is 0. The average Bonchev–Trinajstić information content (AvgIpc) is 2.65. The molecule has 1 N–H and O–H groups in total. The second kappa shape index (κ2) is 10.7. The fourth-order valence-electron chi connectivity index (χ4n) is 2.31. The molecule has 33 heavy (non-hydrogen) atoms. The Kier molecular flexibility index (Phi) is 9.04. The van der Waals surface area contributed by atoms with Gasteiger partial charge in [-0.25, -0.2) is 0 Å². The zero-order chi connectivity index (χ0) is 25.6. The highest BCUT2D eigenvalue weighted by Gasteiger charge is 2.38. The molecular weight excluding hydrogens is 495 g/mol. The van der Waals surface area contributed by atoms with Crippen LogP contribution in [0.25, 0.3) is 0 Å². The van der Waals surface area contributed by atoms with Gasteiger partial charge in [-0.05, 0) is 36.8 Å². The van der Waals surface area contributed by atoms with Crippen molar-refractivity contribution in [2.24, 2.45) is 5.16 Å². The van der Waals surface area contributed by atoms with Crippen LogP contribution in [0.5, 0.6) is 0 Å². The highest BCUT2D eigenvalue weighted by atomic mass is 32.2. The Morgan fingerprint density at radius 1 is 0.848 bits per heavy atom. The van der Waals surface area contributed by atoms with Crippen molar-refractivity contribution in [3.05, 3.63) is 70.3 Å². The summed E-state index contributed by atoms with van der Waals surface area (Å²) in [4.78, 5) is 4.84. The van der Waals surface area contributed by atoms with Gasteiger partial charge in [0.05, 0.1) is 22.4 Å². The third-order valence-electron chi connectivity index (χ3n) is 3.76. The molecule has 2 rings (SSSR count). The fourth-order valence-corrected chi connectivity index (χ4v) is 2.31. The maximum absolute atomic E-state index is 13.1. The lowest BCUT2D eigenvalue weighted by molar-refractivity contribution is -0.143. The SMILES string of the molecule is C/C(=N\OCc1ccc(C(F)(F)F)cc1)c1ccc(C(F)(F)F)cc1C(F)(F)F.N=S(=O)=O. The van der Waals surface area contributed by atoms with Gasteiger partial charge >= 0.3 is 29.0 Å². The fraction of sp³-hybridized carbons (Fsp3) is 0.278. The van der Waals surface area contributed by atoms with Crippen LogP contribution >= 0.6 is 0 Å². The molecule has 0 fully saturated rings. The van der Waals surface area contributed by atoms with Crippen LogP contribution in [0.3, 0.4) is 0 Å². The van der Waals surface area contributed by atoms with Crippen LogP contribution in [0.2, 0.25) is 0 Å². The van der Waals surface area contributed by atoms with E-state index in [9.17, 15) is 39.5 Å². The molecule has 0 bridgehead atoms. The van der Waals surface area contributed by atoms with Crippen molar-refractivity contribution in [3.8, 4) is 0 Å². The number of oxime groups is 1. The highest BCUT2D eigenvalue weighted by Crippen LogP contribution is 2.37. The normalized spacial score (nSPS) is 12.6. The first-order valence-electron chi connectivity index (χ1n) is 8.35. The van der Waals surface area contributed by atoms with E-state index in [0.717, 1.165) is 31.2 Å². The Morgan fingerprint density at radius 2 is 1.30 bits per heavy atom. The smallest absolute Gasteiger partial charge is 0.391 e. The van der Waals surface area contributed by atoms with Gasteiger partial charge in [-0.2, -0.15) is 52.7 Å². The van der Waals surface area contributed by atoms with Gasteiger partial charge in [-0.15, -0.1) is 0 Å². The molecule has 0 aromatic heterocycles. The molecule has 0 saturated heterocycles. The number of halogens is 9. The van der Waals surface area contributed by atoms with E-state index in [-0.39, 0.29) is 23.9 Å². The molecule has 2 aromatic rings. The highest BCUT2D eigenvalue weighted by molar-refractivity contribution is 7.60. The first kappa shape index (κ1) is 27.9. The van der Waals surface area contributed by atoms with E-state index in [2.05, 4.69) is 5.16 Å². The van der Waals surface area contributed by atoms with E-state index in [1.165, 1.54) is 0 Å². The van der Waals surface area contributed by atoms with E-state index in [0.29, 0.717) is 12.1 Å². The van der Waals surface area contributed by atoms with Crippen molar-refractivity contribution in [1.29, 1.82) is 4.78 Å². The molecule has 0 aliphatic rings. The molecule has 0 spiro atoms. The van der Waals surface area contributed by atoms with E-state index >= 15 is 0 Å². The first-order valence-corrected chi connectivity index (χ1v) is 9.42. The van der Waals surface area contributed by atoms with Gasteiger partial charge in [0.15, 0.2) is 0 Å². The van der Waals surface area contributed by atoms with Gasteiger partial charge in [0.2, 0.25) is 0 Å². The molecule has 0 unspecified atom stereocenters. The molecule has 2 aromatic carbocycles. The van der Waals surface area contributed by atoms with E-state index in [1.54, 1.807) is 0 Å². The summed E-state index contributed by atoms with van der Waals surface area (Å²) in [6.07, 6.45) is -14.5. The lowest BCUT2D eigenvalue weighted by Crippen LogP contribution is -2.15. The predicted octanol–water partition coefficient (Wildman–Crippen LogP) is 6.31. The molecule has 0 atom stereocenters. The molecular formula is C18H13F9N2O3S. The number of nitrogens with zero attached hydrogens (tertiary/aromatic N) is 1. The molecule has 0 aliphatic carbocycles. The van der Waals surface area contributed by atoms with Crippen molar-refractivity contribution >= 4 is 16.2 Å². The van der Waals surface area contributed by atoms with Crippen molar-refractivity contribution in [2.45, 2.75) is 32.1 Å². The van der Waals surface area contributed by atoms with Crippen LogP contribution in [-0.2, 0) is 40.5 Å². The van der Waals surface area contributed by atoms with E-state index in [4.69, 9.17) is 18.0 Å². The lowest BCUT2D eigenvalue weighted by Gasteiger charge is -2.15. The maximum atomic E-state index is 13.1. The van der Waals surface area contributed by atoms with Crippen molar-refractivity contribution < 1.29 is 52.8 Å². The Labute approximate surface area is 182 Å². The zero-order valence-corrected chi connectivity index (χ0v) is 17.0. The minimum Gasteiger partial charge on any atom is -0.391 e. The third kappa shape index (κ3) is 9.11. The van der Waals surface area contributed by atoms with Gasteiger partial charge < -0.3 is 4.84 Å². The molecule has 0 heterocycles. The van der Waals surface area contributed by atoms with Gasteiger partial charge in [-0.1, -0.05) is 23.4 Å². The largest absolute Gasteiger partial charge is 0.417 e. The van der Waals surface area contributed by atoms with Crippen molar-refractivity contribution in [2.75, 3.05) is 0 Å². The van der Waals surface area contributed by atoms with Gasteiger partial charge in [0, 0.05) is 5.56 Å².